The Morgan fingerprint density at radius 2 is 1.87 bits per heavy atom. The van der Waals surface area contributed by atoms with Gasteiger partial charge in [-0.2, -0.15) is 0 Å². The minimum atomic E-state index is -1.02. The van der Waals surface area contributed by atoms with E-state index in [4.69, 9.17) is 0 Å². The van der Waals surface area contributed by atoms with Crippen molar-refractivity contribution in [3.8, 4) is 0 Å². The van der Waals surface area contributed by atoms with E-state index in [9.17, 15) is 9.59 Å². The summed E-state index contributed by atoms with van der Waals surface area (Å²) >= 11 is 0. The minimum Gasteiger partial charge on any atom is -0.354 e. The molecule has 3 aromatic rings. The van der Waals surface area contributed by atoms with E-state index < -0.39 is 5.54 Å². The largest absolute Gasteiger partial charge is 0.354 e. The van der Waals surface area contributed by atoms with E-state index in [0.29, 0.717) is 31.4 Å². The van der Waals surface area contributed by atoms with Gasteiger partial charge in [0.25, 0.3) is 5.91 Å². The molecule has 1 aliphatic rings. The number of carbonyl (C=O) groups excluding carboxylic acids is 2. The summed E-state index contributed by atoms with van der Waals surface area (Å²) in [4.78, 5) is 33.3. The third-order valence-corrected chi connectivity index (χ3v) is 6.11. The third-order valence-electron chi connectivity index (χ3n) is 6.11. The van der Waals surface area contributed by atoms with Gasteiger partial charge in [0.05, 0.1) is 17.6 Å². The summed E-state index contributed by atoms with van der Waals surface area (Å²) < 4.78 is 1.89. The van der Waals surface area contributed by atoms with E-state index in [-0.39, 0.29) is 11.8 Å². The number of para-hydroxylation sites is 2. The molecule has 0 saturated carbocycles. The molecule has 4 rings (SSSR count). The molecule has 2 aromatic carbocycles. The highest BCUT2D eigenvalue weighted by molar-refractivity contribution is 6.01. The van der Waals surface area contributed by atoms with Crippen molar-refractivity contribution in [1.82, 2.24) is 19.8 Å². The molecule has 1 aromatic heterocycles. The number of aromatic nitrogens is 2. The van der Waals surface area contributed by atoms with Crippen molar-refractivity contribution in [2.24, 2.45) is 5.92 Å². The Bertz CT molecular complexity index is 1120. The fourth-order valence-electron chi connectivity index (χ4n) is 4.12. The second-order valence-electron chi connectivity index (χ2n) is 9.10. The van der Waals surface area contributed by atoms with E-state index in [1.54, 1.807) is 4.90 Å². The third kappa shape index (κ3) is 3.94. The van der Waals surface area contributed by atoms with Crippen LogP contribution in [0.25, 0.3) is 11.0 Å². The Kier molecular flexibility index (Phi) is 5.56. The first-order valence-electron chi connectivity index (χ1n) is 10.9. The number of hydrogen-bond acceptors (Lipinski definition) is 3. The van der Waals surface area contributed by atoms with Gasteiger partial charge in [0, 0.05) is 13.1 Å². The van der Waals surface area contributed by atoms with Crippen LogP contribution in [0.15, 0.2) is 48.5 Å². The van der Waals surface area contributed by atoms with Crippen LogP contribution in [0.3, 0.4) is 0 Å². The summed E-state index contributed by atoms with van der Waals surface area (Å²) in [5, 5.41) is 3.07. The summed E-state index contributed by atoms with van der Waals surface area (Å²) in [5.74, 6) is 0.538. The Hall–Kier alpha value is -3.15. The molecular formula is C25H30N4O2. The van der Waals surface area contributed by atoms with Gasteiger partial charge in [-0.05, 0) is 43.9 Å². The Labute approximate surface area is 183 Å². The topological polar surface area (TPSA) is 67.2 Å². The van der Waals surface area contributed by atoms with Gasteiger partial charge < -0.3 is 14.8 Å². The van der Waals surface area contributed by atoms with Gasteiger partial charge in [-0.1, -0.05) is 55.8 Å². The Balaban J connectivity index is 1.73. The maximum absolute atomic E-state index is 13.6. The zero-order chi connectivity index (χ0) is 22.2. The lowest BCUT2D eigenvalue weighted by atomic mass is 9.94. The van der Waals surface area contributed by atoms with Crippen molar-refractivity contribution in [2.75, 3.05) is 6.54 Å². The SMILES string of the molecule is Cc1ccc(CN2C(=O)c3nc4ccccc4n3C[C@@]2(C)C(=O)NCCC(C)C)cc1. The van der Waals surface area contributed by atoms with Crippen LogP contribution in [0.5, 0.6) is 0 Å². The van der Waals surface area contributed by atoms with Crippen LogP contribution in [0.1, 0.15) is 48.9 Å². The van der Waals surface area contributed by atoms with Crippen LogP contribution < -0.4 is 5.32 Å². The summed E-state index contributed by atoms with van der Waals surface area (Å²) in [7, 11) is 0. The lowest BCUT2D eigenvalue weighted by Crippen LogP contribution is -2.63. The maximum Gasteiger partial charge on any atom is 0.291 e. The molecule has 0 aliphatic carbocycles. The zero-order valence-corrected chi connectivity index (χ0v) is 18.7. The molecule has 1 N–H and O–H groups in total. The standard InChI is InChI=1S/C25H30N4O2/c1-17(2)13-14-26-24(31)25(4)16-28-21-8-6-5-7-20(21)27-22(28)23(30)29(25)15-19-11-9-18(3)10-12-19/h5-12,17H,13-16H2,1-4H3,(H,26,31)/t25-/m0/s1. The van der Waals surface area contributed by atoms with Crippen molar-refractivity contribution >= 4 is 22.8 Å². The van der Waals surface area contributed by atoms with Gasteiger partial charge in [0.15, 0.2) is 5.82 Å². The van der Waals surface area contributed by atoms with Crippen molar-refractivity contribution in [2.45, 2.75) is 52.7 Å². The second-order valence-corrected chi connectivity index (χ2v) is 9.10. The number of nitrogens with zero attached hydrogens (tertiary/aromatic N) is 3. The average Bonchev–Trinajstić information content (AvgIpc) is 3.10. The van der Waals surface area contributed by atoms with Crippen molar-refractivity contribution < 1.29 is 9.59 Å². The van der Waals surface area contributed by atoms with Crippen molar-refractivity contribution in [3.05, 3.63) is 65.5 Å². The molecule has 1 aliphatic heterocycles. The smallest absolute Gasteiger partial charge is 0.291 e. The van der Waals surface area contributed by atoms with Gasteiger partial charge in [-0.25, -0.2) is 4.98 Å². The van der Waals surface area contributed by atoms with Gasteiger partial charge >= 0.3 is 0 Å². The first-order chi connectivity index (χ1) is 14.8. The number of nitrogens with one attached hydrogen (secondary N) is 1. The van der Waals surface area contributed by atoms with E-state index in [1.165, 1.54) is 0 Å². The monoisotopic (exact) mass is 418 g/mol. The molecule has 0 fully saturated rings. The van der Waals surface area contributed by atoms with E-state index >= 15 is 0 Å². The van der Waals surface area contributed by atoms with Crippen LogP contribution in [-0.4, -0.2) is 38.3 Å². The highest BCUT2D eigenvalue weighted by Gasteiger charge is 2.48. The Morgan fingerprint density at radius 1 is 1.16 bits per heavy atom. The van der Waals surface area contributed by atoms with Gasteiger partial charge in [0.2, 0.25) is 5.91 Å². The predicted octanol–water partition coefficient (Wildman–Crippen LogP) is 3.92. The number of benzene rings is 2. The number of carbonyl (C=O) groups is 2. The highest BCUT2D eigenvalue weighted by Crippen LogP contribution is 2.32. The molecule has 0 spiro atoms. The number of amides is 2. The van der Waals surface area contributed by atoms with E-state index in [2.05, 4.69) is 24.1 Å². The molecule has 31 heavy (non-hydrogen) atoms. The number of rotatable bonds is 6. The van der Waals surface area contributed by atoms with Crippen LogP contribution in [0.2, 0.25) is 0 Å². The number of hydrogen-bond donors (Lipinski definition) is 1. The summed E-state index contributed by atoms with van der Waals surface area (Å²) in [5.41, 5.74) is 2.78. The number of aryl methyl sites for hydroxylation is 1. The summed E-state index contributed by atoms with van der Waals surface area (Å²) in [6, 6.07) is 15.8. The fourth-order valence-corrected chi connectivity index (χ4v) is 4.12. The molecule has 6 nitrogen and oxygen atoms in total. The second kappa shape index (κ2) is 8.17. The molecule has 2 amide bonds. The predicted molar refractivity (Wildman–Crippen MR) is 122 cm³/mol. The van der Waals surface area contributed by atoms with Crippen LogP contribution in [0.4, 0.5) is 0 Å². The van der Waals surface area contributed by atoms with Crippen LogP contribution in [-0.2, 0) is 17.9 Å². The minimum absolute atomic E-state index is 0.128. The quantitative estimate of drug-likeness (QED) is 0.660. The highest BCUT2D eigenvalue weighted by atomic mass is 16.2. The molecule has 162 valence electrons. The van der Waals surface area contributed by atoms with Crippen molar-refractivity contribution in [1.29, 1.82) is 0 Å². The van der Waals surface area contributed by atoms with E-state index in [1.807, 2.05) is 66.9 Å². The Morgan fingerprint density at radius 3 is 2.58 bits per heavy atom. The fraction of sp³-hybridized carbons (Fsp3) is 0.400. The number of imidazole rings is 1. The summed E-state index contributed by atoms with van der Waals surface area (Å²) in [6.07, 6.45) is 0.896. The first kappa shape index (κ1) is 21.1. The van der Waals surface area contributed by atoms with Gasteiger partial charge in [0.1, 0.15) is 5.54 Å². The lowest BCUT2D eigenvalue weighted by molar-refractivity contribution is -0.133. The van der Waals surface area contributed by atoms with E-state index in [0.717, 1.165) is 28.6 Å². The van der Waals surface area contributed by atoms with Gasteiger partial charge in [-0.3, -0.25) is 9.59 Å². The maximum atomic E-state index is 13.6. The zero-order valence-electron chi connectivity index (χ0n) is 18.7. The van der Waals surface area contributed by atoms with Crippen LogP contribution >= 0.6 is 0 Å². The molecule has 0 radical (unpaired) electrons. The molecule has 0 bridgehead atoms. The summed E-state index contributed by atoms with van der Waals surface area (Å²) in [6.45, 7) is 9.48. The molecule has 0 unspecified atom stereocenters. The number of fused-ring (bicyclic) bond motifs is 3. The molecule has 1 atom stereocenters. The van der Waals surface area contributed by atoms with Gasteiger partial charge in [-0.15, -0.1) is 0 Å². The first-order valence-corrected chi connectivity index (χ1v) is 10.9. The molecule has 2 heterocycles. The molecule has 6 heteroatoms. The normalized spacial score (nSPS) is 18.5. The molecular weight excluding hydrogens is 388 g/mol. The average molecular weight is 419 g/mol. The van der Waals surface area contributed by atoms with Crippen LogP contribution in [0, 0.1) is 12.8 Å². The van der Waals surface area contributed by atoms with Crippen molar-refractivity contribution in [3.63, 3.8) is 0 Å². The molecule has 0 saturated heterocycles. The lowest BCUT2D eigenvalue weighted by Gasteiger charge is -2.43.